The van der Waals surface area contributed by atoms with Crippen molar-refractivity contribution >= 4 is 40.6 Å². The Labute approximate surface area is 242 Å². The Morgan fingerprint density at radius 1 is 1.10 bits per heavy atom. The number of benzene rings is 2. The molecule has 41 heavy (non-hydrogen) atoms. The number of rotatable bonds is 3. The molecule has 1 spiro atoms. The lowest BCUT2D eigenvalue weighted by molar-refractivity contribution is -0.137. The highest BCUT2D eigenvalue weighted by Crippen LogP contribution is 2.50. The van der Waals surface area contributed by atoms with E-state index in [1.807, 2.05) is 45.0 Å². The summed E-state index contributed by atoms with van der Waals surface area (Å²) >= 11 is 5.50. The first kappa shape index (κ1) is 28.7. The summed E-state index contributed by atoms with van der Waals surface area (Å²) in [4.78, 5) is 17.6. The standard InChI is InChI=1S/C29H31F3N6O2S/c1-27(2,3)40-26(39)37-14-12-36(13-15-37)20-7-4-18(5-8-20)22-10-11-28(22)24(34)38(25(41)35-28)21-9-6-19(17-33)23(16-21)29(30,31)32/h4-9,16,22,34H,10-15H2,1-3H3,(H,35,41). The van der Waals surface area contributed by atoms with Crippen LogP contribution in [0.5, 0.6) is 0 Å². The van der Waals surface area contributed by atoms with E-state index in [9.17, 15) is 18.0 Å². The minimum absolute atomic E-state index is 0.0866. The van der Waals surface area contributed by atoms with Crippen molar-refractivity contribution in [3.8, 4) is 6.07 Å². The molecule has 1 saturated carbocycles. The van der Waals surface area contributed by atoms with E-state index in [-0.39, 0.29) is 28.6 Å². The summed E-state index contributed by atoms with van der Waals surface area (Å²) in [5.74, 6) is 0.00964. The average molecular weight is 585 g/mol. The van der Waals surface area contributed by atoms with Crippen LogP contribution in [0.15, 0.2) is 42.5 Å². The highest BCUT2D eigenvalue weighted by Gasteiger charge is 2.58. The Morgan fingerprint density at radius 3 is 2.27 bits per heavy atom. The van der Waals surface area contributed by atoms with Gasteiger partial charge in [0.25, 0.3) is 0 Å². The van der Waals surface area contributed by atoms with Crippen molar-refractivity contribution in [3.63, 3.8) is 0 Å². The number of anilines is 2. The van der Waals surface area contributed by atoms with Crippen LogP contribution in [0.3, 0.4) is 0 Å². The first-order valence-electron chi connectivity index (χ1n) is 13.4. The molecule has 2 aromatic carbocycles. The maximum atomic E-state index is 13.6. The van der Waals surface area contributed by atoms with Crippen LogP contribution in [0.1, 0.15) is 56.2 Å². The summed E-state index contributed by atoms with van der Waals surface area (Å²) in [6, 6.07) is 13.1. The largest absolute Gasteiger partial charge is 0.444 e. The molecule has 5 rings (SSSR count). The predicted molar refractivity (Wildman–Crippen MR) is 153 cm³/mol. The number of alkyl halides is 3. The van der Waals surface area contributed by atoms with Crippen LogP contribution in [0.4, 0.5) is 29.3 Å². The molecule has 216 valence electrons. The minimum Gasteiger partial charge on any atom is -0.444 e. The zero-order chi connectivity index (χ0) is 29.7. The molecule has 2 unspecified atom stereocenters. The number of halogens is 3. The minimum atomic E-state index is -4.71. The van der Waals surface area contributed by atoms with Crippen LogP contribution in [0.25, 0.3) is 0 Å². The normalized spacial score (nSPS) is 22.9. The van der Waals surface area contributed by atoms with Crippen molar-refractivity contribution in [1.82, 2.24) is 10.2 Å². The van der Waals surface area contributed by atoms with Gasteiger partial charge in [0.05, 0.1) is 22.9 Å². The van der Waals surface area contributed by atoms with Crippen LogP contribution >= 0.6 is 12.2 Å². The molecule has 2 heterocycles. The fraction of sp³-hybridized carbons (Fsp3) is 0.448. The molecule has 3 fully saturated rings. The molecule has 8 nitrogen and oxygen atoms in total. The Bertz CT molecular complexity index is 1420. The van der Waals surface area contributed by atoms with E-state index in [0.29, 0.717) is 32.6 Å². The smallest absolute Gasteiger partial charge is 0.417 e. The molecule has 3 aliphatic rings. The third-order valence-corrected chi connectivity index (χ3v) is 8.17. The summed E-state index contributed by atoms with van der Waals surface area (Å²) < 4.78 is 46.3. The number of hydrogen-bond donors (Lipinski definition) is 2. The highest BCUT2D eigenvalue weighted by molar-refractivity contribution is 7.80. The van der Waals surface area contributed by atoms with Crippen LogP contribution in [0.2, 0.25) is 0 Å². The van der Waals surface area contributed by atoms with Crippen molar-refractivity contribution in [2.75, 3.05) is 36.0 Å². The van der Waals surface area contributed by atoms with Gasteiger partial charge in [0.1, 0.15) is 17.0 Å². The first-order chi connectivity index (χ1) is 19.2. The van der Waals surface area contributed by atoms with E-state index >= 15 is 0 Å². The number of ether oxygens (including phenoxy) is 1. The number of amides is 1. The lowest BCUT2D eigenvalue weighted by Gasteiger charge is -2.46. The number of piperazine rings is 1. The van der Waals surface area contributed by atoms with Crippen LogP contribution in [-0.2, 0) is 10.9 Å². The Balaban J connectivity index is 1.29. The van der Waals surface area contributed by atoms with Gasteiger partial charge < -0.3 is 19.9 Å². The lowest BCUT2D eigenvalue weighted by atomic mass is 9.63. The molecule has 1 aliphatic carbocycles. The van der Waals surface area contributed by atoms with Gasteiger partial charge in [0, 0.05) is 37.8 Å². The molecular weight excluding hydrogens is 553 g/mol. The Hall–Kier alpha value is -3.85. The average Bonchev–Trinajstić information content (AvgIpc) is 3.18. The molecule has 0 radical (unpaired) electrons. The second-order valence-electron chi connectivity index (χ2n) is 11.6. The zero-order valence-electron chi connectivity index (χ0n) is 23.0. The van der Waals surface area contributed by atoms with Gasteiger partial charge in [-0.2, -0.15) is 18.4 Å². The maximum Gasteiger partial charge on any atom is 0.417 e. The molecule has 1 amide bonds. The molecule has 2 saturated heterocycles. The van der Waals surface area contributed by atoms with Gasteiger partial charge in [-0.25, -0.2) is 4.79 Å². The summed E-state index contributed by atoms with van der Waals surface area (Å²) in [6.07, 6.45) is -3.61. The number of nitrogens with one attached hydrogen (secondary N) is 2. The van der Waals surface area contributed by atoms with Crippen molar-refractivity contribution in [2.45, 2.75) is 56.8 Å². The van der Waals surface area contributed by atoms with E-state index in [0.717, 1.165) is 29.8 Å². The number of carbonyl (C=O) groups is 1. The van der Waals surface area contributed by atoms with Crippen LogP contribution in [-0.4, -0.2) is 59.3 Å². The summed E-state index contributed by atoms with van der Waals surface area (Å²) in [7, 11) is 0. The molecule has 2 atom stereocenters. The van der Waals surface area contributed by atoms with E-state index < -0.39 is 28.4 Å². The molecule has 2 aliphatic heterocycles. The second-order valence-corrected chi connectivity index (χ2v) is 11.9. The van der Waals surface area contributed by atoms with Gasteiger partial charge in [0.15, 0.2) is 5.11 Å². The van der Waals surface area contributed by atoms with Gasteiger partial charge in [-0.05, 0) is 81.7 Å². The Morgan fingerprint density at radius 2 is 1.73 bits per heavy atom. The number of nitriles is 1. The van der Waals surface area contributed by atoms with Gasteiger partial charge in [0.2, 0.25) is 0 Å². The SMILES string of the molecule is CC(C)(C)OC(=O)N1CCN(c2ccc(C3CCC34NC(=S)N(c3ccc(C#N)c(C(F)(F)F)c3)C4=N)cc2)CC1. The van der Waals surface area contributed by atoms with E-state index in [1.54, 1.807) is 11.0 Å². The number of carbonyl (C=O) groups excluding carboxylic acids is 1. The number of amidine groups is 1. The van der Waals surface area contributed by atoms with Gasteiger partial charge in [-0.15, -0.1) is 0 Å². The number of nitrogens with zero attached hydrogens (tertiary/aromatic N) is 4. The van der Waals surface area contributed by atoms with Gasteiger partial charge in [-0.1, -0.05) is 12.1 Å². The predicted octanol–water partition coefficient (Wildman–Crippen LogP) is 5.62. The molecule has 2 aromatic rings. The van der Waals surface area contributed by atoms with Crippen molar-refractivity contribution in [1.29, 1.82) is 10.7 Å². The number of hydrogen-bond acceptors (Lipinski definition) is 6. The third-order valence-electron chi connectivity index (χ3n) is 7.88. The second kappa shape index (κ2) is 10.2. The van der Waals surface area contributed by atoms with Crippen molar-refractivity contribution < 1.29 is 22.7 Å². The van der Waals surface area contributed by atoms with Crippen molar-refractivity contribution in [3.05, 3.63) is 59.2 Å². The highest BCUT2D eigenvalue weighted by atomic mass is 32.1. The van der Waals surface area contributed by atoms with E-state index in [2.05, 4.69) is 10.2 Å². The van der Waals surface area contributed by atoms with Gasteiger partial charge in [-0.3, -0.25) is 10.3 Å². The van der Waals surface area contributed by atoms with Gasteiger partial charge >= 0.3 is 12.3 Å². The molecule has 0 aromatic heterocycles. The quantitative estimate of drug-likeness (QED) is 0.452. The zero-order valence-corrected chi connectivity index (χ0v) is 23.8. The molecular formula is C29H31F3N6O2S. The topological polar surface area (TPSA) is 95.7 Å². The van der Waals surface area contributed by atoms with Crippen molar-refractivity contribution in [2.24, 2.45) is 0 Å². The maximum absolute atomic E-state index is 13.6. The Kier molecular flexibility index (Phi) is 7.14. The third kappa shape index (κ3) is 5.30. The number of thiocarbonyl (C=S) groups is 1. The summed E-state index contributed by atoms with van der Waals surface area (Å²) in [5.41, 5.74) is -0.760. The van der Waals surface area contributed by atoms with Crippen LogP contribution < -0.4 is 15.1 Å². The fourth-order valence-electron chi connectivity index (χ4n) is 5.71. The monoisotopic (exact) mass is 584 g/mol. The summed E-state index contributed by atoms with van der Waals surface area (Å²) in [6.45, 7) is 8.00. The van der Waals surface area contributed by atoms with E-state index in [4.69, 9.17) is 27.6 Å². The molecule has 2 N–H and O–H groups in total. The fourth-order valence-corrected chi connectivity index (χ4v) is 6.09. The summed E-state index contributed by atoms with van der Waals surface area (Å²) in [5, 5.41) is 21.5. The first-order valence-corrected chi connectivity index (χ1v) is 13.8. The molecule has 12 heteroatoms. The lowest BCUT2D eigenvalue weighted by Crippen LogP contribution is -2.58. The van der Waals surface area contributed by atoms with Crippen LogP contribution in [0, 0.1) is 16.7 Å². The molecule has 0 bridgehead atoms. The van der Waals surface area contributed by atoms with E-state index in [1.165, 1.54) is 11.0 Å².